The van der Waals surface area contributed by atoms with Crippen LogP contribution in [0.2, 0.25) is 0 Å². The molecule has 0 rings (SSSR count). The normalized spacial score (nSPS) is 14.4. The quantitative estimate of drug-likeness (QED) is 0.415. The van der Waals surface area contributed by atoms with Crippen molar-refractivity contribution in [1.82, 2.24) is 0 Å². The van der Waals surface area contributed by atoms with E-state index in [2.05, 4.69) is 0 Å². The molecular formula is C3H13O3PSi. The summed E-state index contributed by atoms with van der Waals surface area (Å²) in [5, 5.41) is 0. The minimum atomic E-state index is -2.03. The van der Waals surface area contributed by atoms with E-state index >= 15 is 0 Å². The van der Waals surface area contributed by atoms with Gasteiger partial charge in [-0.25, -0.2) is 0 Å². The standard InChI is InChI=1S/C3H13O3PSi/c1-4-7(8,5-2)6-3/h7H,1-3,8H3. The fourth-order valence-electron chi connectivity index (χ4n) is 0.250. The summed E-state index contributed by atoms with van der Waals surface area (Å²) in [7, 11) is 3.66. The van der Waals surface area contributed by atoms with Crippen LogP contribution in [0.1, 0.15) is 0 Å². The average molecular weight is 156 g/mol. The van der Waals surface area contributed by atoms with Crippen molar-refractivity contribution in [3.8, 4) is 0 Å². The van der Waals surface area contributed by atoms with Gasteiger partial charge in [-0.1, -0.05) is 0 Å². The third kappa shape index (κ3) is 2.20. The Morgan fingerprint density at radius 2 is 1.25 bits per heavy atom. The topological polar surface area (TPSA) is 27.7 Å². The molecule has 8 heavy (non-hydrogen) atoms. The maximum absolute atomic E-state index is 4.99. The van der Waals surface area contributed by atoms with Gasteiger partial charge in [-0.2, -0.15) is 0 Å². The predicted molar refractivity (Wildman–Crippen MR) is 39.3 cm³/mol. The van der Waals surface area contributed by atoms with Crippen molar-refractivity contribution in [2.75, 3.05) is 21.3 Å². The van der Waals surface area contributed by atoms with Crippen molar-refractivity contribution in [2.24, 2.45) is 0 Å². The molecule has 0 aromatic carbocycles. The van der Waals surface area contributed by atoms with Crippen LogP contribution >= 0.6 is 7.49 Å². The van der Waals surface area contributed by atoms with Crippen LogP contribution in [0.3, 0.4) is 0 Å². The number of hydrogen-bond acceptors (Lipinski definition) is 3. The monoisotopic (exact) mass is 156 g/mol. The molecule has 0 bridgehead atoms. The fraction of sp³-hybridized carbons (Fsp3) is 1.00. The van der Waals surface area contributed by atoms with Crippen LogP contribution in [0.25, 0.3) is 0 Å². The SMILES string of the molecule is CO[PH]([SiH3])(OC)OC. The molecule has 0 heterocycles. The molecule has 0 atom stereocenters. The second-order valence-corrected chi connectivity index (χ2v) is 8.10. The summed E-state index contributed by atoms with van der Waals surface area (Å²) in [6.45, 7) is 0. The van der Waals surface area contributed by atoms with E-state index in [9.17, 15) is 0 Å². The zero-order valence-electron chi connectivity index (χ0n) is 5.72. The van der Waals surface area contributed by atoms with Crippen LogP contribution < -0.4 is 0 Å². The molecule has 0 aliphatic rings. The Kier molecular flexibility index (Phi) is 3.77. The summed E-state index contributed by atoms with van der Waals surface area (Å²) in [5.41, 5.74) is 0. The van der Waals surface area contributed by atoms with E-state index in [1.165, 1.54) is 0 Å². The van der Waals surface area contributed by atoms with Crippen molar-refractivity contribution in [1.29, 1.82) is 0 Å². The second-order valence-electron chi connectivity index (χ2n) is 1.47. The Morgan fingerprint density at radius 1 is 1.00 bits per heavy atom. The van der Waals surface area contributed by atoms with Crippen LogP contribution in [-0.2, 0) is 13.6 Å². The Bertz CT molecular complexity index is 57.3. The first-order valence-electron chi connectivity index (χ1n) is 2.34. The molecule has 0 N–H and O–H groups in total. The van der Waals surface area contributed by atoms with Gasteiger partial charge in [0, 0.05) is 0 Å². The van der Waals surface area contributed by atoms with E-state index in [-0.39, 0.29) is 0 Å². The van der Waals surface area contributed by atoms with Gasteiger partial charge >= 0.3 is 52.3 Å². The van der Waals surface area contributed by atoms with Crippen LogP contribution in [0.5, 0.6) is 0 Å². The van der Waals surface area contributed by atoms with Crippen molar-refractivity contribution in [3.63, 3.8) is 0 Å². The van der Waals surface area contributed by atoms with Gasteiger partial charge in [0.1, 0.15) is 0 Å². The van der Waals surface area contributed by atoms with E-state index in [1.807, 2.05) is 0 Å². The Balaban J connectivity index is 3.58. The van der Waals surface area contributed by atoms with Crippen molar-refractivity contribution >= 4 is 17.4 Å². The molecule has 0 saturated heterocycles. The fourth-order valence-corrected chi connectivity index (χ4v) is 0.750. The van der Waals surface area contributed by atoms with Gasteiger partial charge in [-0.05, 0) is 0 Å². The molecule has 0 aromatic rings. The van der Waals surface area contributed by atoms with Crippen molar-refractivity contribution in [3.05, 3.63) is 0 Å². The average Bonchev–Trinajstić information content (AvgIpc) is 1.87. The zero-order valence-corrected chi connectivity index (χ0v) is 8.72. The maximum atomic E-state index is 4.99. The summed E-state index contributed by atoms with van der Waals surface area (Å²) in [6, 6.07) is 0. The number of rotatable bonds is 3. The van der Waals surface area contributed by atoms with Crippen LogP contribution in [0, 0.1) is 0 Å². The Hall–Kier alpha value is 0.527. The van der Waals surface area contributed by atoms with E-state index in [0.29, 0.717) is 0 Å². The van der Waals surface area contributed by atoms with Gasteiger partial charge in [-0.15, -0.1) is 0 Å². The van der Waals surface area contributed by atoms with Gasteiger partial charge in [0.05, 0.1) is 0 Å². The molecule has 0 fully saturated rings. The first-order chi connectivity index (χ1) is 3.68. The summed E-state index contributed by atoms with van der Waals surface area (Å²) < 4.78 is 15.0. The molecule has 0 radical (unpaired) electrons. The van der Waals surface area contributed by atoms with Crippen LogP contribution in [0.15, 0.2) is 0 Å². The van der Waals surface area contributed by atoms with Gasteiger partial charge in [0.2, 0.25) is 0 Å². The van der Waals surface area contributed by atoms with Gasteiger partial charge in [0.25, 0.3) is 0 Å². The van der Waals surface area contributed by atoms with Gasteiger partial charge < -0.3 is 0 Å². The third-order valence-corrected chi connectivity index (χ3v) is 7.01. The summed E-state index contributed by atoms with van der Waals surface area (Å²) in [4.78, 5) is 0. The molecular weight excluding hydrogens is 143 g/mol. The summed E-state index contributed by atoms with van der Waals surface area (Å²) >= 11 is 0. The van der Waals surface area contributed by atoms with E-state index < -0.39 is 7.49 Å². The van der Waals surface area contributed by atoms with E-state index in [4.69, 9.17) is 13.6 Å². The van der Waals surface area contributed by atoms with Crippen LogP contribution in [0.4, 0.5) is 0 Å². The summed E-state index contributed by atoms with van der Waals surface area (Å²) in [6.07, 6.45) is 0. The third-order valence-electron chi connectivity index (χ3n) is 1.11. The molecule has 0 aliphatic heterocycles. The van der Waals surface area contributed by atoms with Crippen molar-refractivity contribution < 1.29 is 13.6 Å². The molecule has 52 valence electrons. The van der Waals surface area contributed by atoms with Gasteiger partial charge in [0.15, 0.2) is 0 Å². The van der Waals surface area contributed by atoms with E-state index in [0.717, 1.165) is 9.91 Å². The molecule has 0 unspecified atom stereocenters. The Morgan fingerprint density at radius 3 is 1.25 bits per heavy atom. The molecule has 0 aromatic heterocycles. The van der Waals surface area contributed by atoms with Crippen molar-refractivity contribution in [2.45, 2.75) is 0 Å². The first-order valence-corrected chi connectivity index (χ1v) is 7.56. The predicted octanol–water partition coefficient (Wildman–Crippen LogP) is -0.299. The molecule has 5 heteroatoms. The van der Waals surface area contributed by atoms with Gasteiger partial charge in [-0.3, -0.25) is 0 Å². The minimum absolute atomic E-state index is 0.843. The van der Waals surface area contributed by atoms with E-state index in [1.54, 1.807) is 21.3 Å². The summed E-state index contributed by atoms with van der Waals surface area (Å²) in [5.74, 6) is 0. The molecule has 0 saturated carbocycles. The Labute approximate surface area is 53.2 Å². The first kappa shape index (κ1) is 8.53. The molecule has 0 amide bonds. The number of hydrogen-bond donors (Lipinski definition) is 0. The zero-order chi connectivity index (χ0) is 6.62. The second kappa shape index (κ2) is 3.53. The molecule has 0 aliphatic carbocycles. The van der Waals surface area contributed by atoms with Crippen LogP contribution in [-0.4, -0.2) is 31.2 Å². The molecule has 3 nitrogen and oxygen atoms in total. The molecule has 0 spiro atoms.